The first-order valence-corrected chi connectivity index (χ1v) is 16.2. The summed E-state index contributed by atoms with van der Waals surface area (Å²) in [5, 5.41) is 3.19. The zero-order valence-corrected chi connectivity index (χ0v) is 22.9. The van der Waals surface area contributed by atoms with E-state index >= 15 is 0 Å². The van der Waals surface area contributed by atoms with Crippen LogP contribution >= 0.6 is 16.1 Å². The number of hydrogen-bond acceptors (Lipinski definition) is 1. The molecule has 0 radical (unpaired) electrons. The number of hydrogen-bond donors (Lipinski definition) is 0. The van der Waals surface area contributed by atoms with Crippen LogP contribution in [-0.4, -0.2) is 11.0 Å². The van der Waals surface area contributed by atoms with Gasteiger partial charge in [-0.15, -0.1) is 0 Å². The molecule has 1 saturated heterocycles. The fourth-order valence-electron chi connectivity index (χ4n) is 6.04. The molecule has 0 N–H and O–H groups in total. The Balaban J connectivity index is 1.52. The lowest BCUT2D eigenvalue weighted by atomic mass is 10.0. The molecule has 36 heavy (non-hydrogen) atoms. The van der Waals surface area contributed by atoms with Gasteiger partial charge in [0.1, 0.15) is 0 Å². The van der Waals surface area contributed by atoms with E-state index in [1.54, 1.807) is 10.6 Å². The van der Waals surface area contributed by atoms with E-state index in [0.717, 1.165) is 6.42 Å². The van der Waals surface area contributed by atoms with Crippen LogP contribution in [0, 0.1) is 0 Å². The molecule has 0 bridgehead atoms. The third kappa shape index (κ3) is 4.59. The average molecular weight is 508 g/mol. The van der Waals surface area contributed by atoms with Gasteiger partial charge in [0.05, 0.1) is 0 Å². The summed E-state index contributed by atoms with van der Waals surface area (Å²) in [6.45, 7) is 3.53. The van der Waals surface area contributed by atoms with Crippen LogP contribution in [-0.2, 0) is 6.42 Å². The van der Waals surface area contributed by atoms with Crippen molar-refractivity contribution in [3.05, 3.63) is 131 Å². The van der Waals surface area contributed by atoms with Crippen molar-refractivity contribution < 1.29 is 0 Å². The molecule has 0 aromatic heterocycles. The molecule has 4 aromatic rings. The summed E-state index contributed by atoms with van der Waals surface area (Å²) in [5.41, 5.74) is 7.38. The zero-order chi connectivity index (χ0) is 24.3. The van der Waals surface area contributed by atoms with Crippen LogP contribution in [0.1, 0.15) is 66.2 Å². The van der Waals surface area contributed by atoms with Crippen LogP contribution in [0.25, 0.3) is 0 Å². The van der Waals surface area contributed by atoms with Gasteiger partial charge in [0, 0.05) is 25.9 Å². The summed E-state index contributed by atoms with van der Waals surface area (Å²) >= 11 is 0. The lowest BCUT2D eigenvalue weighted by Gasteiger charge is -2.44. The summed E-state index contributed by atoms with van der Waals surface area (Å²) in [4.78, 5) is 0. The molecule has 0 unspecified atom stereocenters. The molecule has 2 atom stereocenters. The van der Waals surface area contributed by atoms with E-state index in [-0.39, 0.29) is 0 Å². The van der Waals surface area contributed by atoms with Gasteiger partial charge in [-0.1, -0.05) is 123 Å². The third-order valence-electron chi connectivity index (χ3n) is 7.75. The molecule has 4 aromatic carbocycles. The van der Waals surface area contributed by atoms with Crippen LogP contribution in [0.2, 0.25) is 0 Å². The average Bonchev–Trinajstić information content (AvgIpc) is 3.39. The van der Waals surface area contributed by atoms with E-state index in [9.17, 15) is 0 Å². The van der Waals surface area contributed by atoms with Crippen molar-refractivity contribution in [1.82, 2.24) is 4.44 Å². The highest BCUT2D eigenvalue weighted by Gasteiger charge is 2.45. The minimum Gasteiger partial charge on any atom is -0.251 e. The number of rotatable bonds is 7. The summed E-state index contributed by atoms with van der Waals surface area (Å²) in [6.07, 6.45) is 6.12. The van der Waals surface area contributed by atoms with Gasteiger partial charge in [-0.25, -0.2) is 0 Å². The molecule has 1 nitrogen and oxygen atoms in total. The van der Waals surface area contributed by atoms with Crippen molar-refractivity contribution in [2.24, 2.45) is 0 Å². The van der Waals surface area contributed by atoms with Crippen molar-refractivity contribution in [2.45, 2.75) is 50.3 Å². The van der Waals surface area contributed by atoms with Crippen LogP contribution in [0.5, 0.6) is 0 Å². The van der Waals surface area contributed by atoms with Crippen LogP contribution in [0.15, 0.2) is 109 Å². The topological polar surface area (TPSA) is 3.24 Å². The number of unbranched alkanes of at least 4 members (excludes halogenated alkanes) is 1. The maximum absolute atomic E-state index is 3.06. The lowest BCUT2D eigenvalue weighted by Crippen LogP contribution is -2.34. The standard InChI is InChI=1S/C33H35NP2/c1-2-3-24-34(35-30-20-12-10-18-28(30)25-29-19-11-13-21-31(29)35)36-32(26-14-6-4-7-15-26)22-23-33(36)27-16-8-5-9-17-27/h4-21,32-33H,2-3,22-25H2,1H3/t32-,33-/m0/s1. The molecular formula is C33H35NP2. The normalized spacial score (nSPS) is 19.8. The molecule has 6 rings (SSSR count). The van der Waals surface area contributed by atoms with E-state index in [4.69, 9.17) is 0 Å². The highest BCUT2D eigenvalue weighted by molar-refractivity contribution is 7.79. The van der Waals surface area contributed by atoms with E-state index in [0.29, 0.717) is 11.3 Å². The van der Waals surface area contributed by atoms with Gasteiger partial charge in [0.15, 0.2) is 0 Å². The maximum Gasteiger partial charge on any atom is 0.0324 e. The van der Waals surface area contributed by atoms with Crippen LogP contribution in [0.3, 0.4) is 0 Å². The highest BCUT2D eigenvalue weighted by atomic mass is 31.2. The van der Waals surface area contributed by atoms with Gasteiger partial charge in [-0.3, -0.25) is 4.44 Å². The predicted octanol–water partition coefficient (Wildman–Crippen LogP) is 8.71. The summed E-state index contributed by atoms with van der Waals surface area (Å²) < 4.78 is 3.06. The molecule has 0 spiro atoms. The van der Waals surface area contributed by atoms with E-state index in [1.807, 2.05) is 0 Å². The number of fused-ring (bicyclic) bond motifs is 2. The molecule has 0 amide bonds. The van der Waals surface area contributed by atoms with Gasteiger partial charge in [0.25, 0.3) is 0 Å². The van der Waals surface area contributed by atoms with Crippen LogP contribution < -0.4 is 10.6 Å². The molecule has 1 fully saturated rings. The van der Waals surface area contributed by atoms with Gasteiger partial charge < -0.3 is 0 Å². The van der Waals surface area contributed by atoms with E-state index in [1.165, 1.54) is 54.5 Å². The monoisotopic (exact) mass is 507 g/mol. The number of nitrogens with zero attached hydrogens (tertiary/aromatic N) is 1. The molecule has 182 valence electrons. The van der Waals surface area contributed by atoms with E-state index < -0.39 is 16.1 Å². The maximum atomic E-state index is 3.06. The third-order valence-corrected chi connectivity index (χ3v) is 14.5. The van der Waals surface area contributed by atoms with Crippen molar-refractivity contribution in [1.29, 1.82) is 0 Å². The second-order valence-electron chi connectivity index (χ2n) is 10.0. The van der Waals surface area contributed by atoms with Crippen molar-refractivity contribution >= 4 is 26.8 Å². The predicted molar refractivity (Wildman–Crippen MR) is 158 cm³/mol. The molecule has 2 aliphatic rings. The number of benzene rings is 4. The van der Waals surface area contributed by atoms with Gasteiger partial charge in [0.2, 0.25) is 0 Å². The second-order valence-corrected chi connectivity index (χ2v) is 14.9. The van der Waals surface area contributed by atoms with Gasteiger partial charge in [-0.05, 0) is 66.6 Å². The minimum atomic E-state index is -0.561. The smallest absolute Gasteiger partial charge is 0.0324 e. The zero-order valence-electron chi connectivity index (χ0n) is 21.1. The first-order valence-electron chi connectivity index (χ1n) is 13.5. The Morgan fingerprint density at radius 3 is 1.61 bits per heavy atom. The minimum absolute atomic E-state index is 0.409. The Morgan fingerprint density at radius 1 is 0.639 bits per heavy atom. The Bertz CT molecular complexity index is 1200. The molecule has 0 aliphatic carbocycles. The Labute approximate surface area is 219 Å². The van der Waals surface area contributed by atoms with Crippen molar-refractivity contribution in [3.63, 3.8) is 0 Å². The summed E-state index contributed by atoms with van der Waals surface area (Å²) in [5.74, 6) is 0. The molecule has 0 saturated carbocycles. The fraction of sp³-hybridized carbons (Fsp3) is 0.273. The van der Waals surface area contributed by atoms with Gasteiger partial charge >= 0.3 is 0 Å². The molecule has 2 aliphatic heterocycles. The molecule has 3 heteroatoms. The van der Waals surface area contributed by atoms with Crippen LogP contribution in [0.4, 0.5) is 0 Å². The Hall–Kier alpha value is -2.30. The highest BCUT2D eigenvalue weighted by Crippen LogP contribution is 2.76. The largest absolute Gasteiger partial charge is 0.251 e. The summed E-state index contributed by atoms with van der Waals surface area (Å²) in [7, 11) is -0.971. The quantitative estimate of drug-likeness (QED) is 0.226. The van der Waals surface area contributed by atoms with Crippen molar-refractivity contribution in [3.8, 4) is 0 Å². The SMILES string of the molecule is CCCCN(P1c2ccccc2Cc2ccccc21)P1[C@H](c2ccccc2)CC[C@H]1c1ccccc1. The van der Waals surface area contributed by atoms with Crippen molar-refractivity contribution in [2.75, 3.05) is 6.54 Å². The second kappa shape index (κ2) is 11.0. The molecule has 2 heterocycles. The molecular weight excluding hydrogens is 472 g/mol. The lowest BCUT2D eigenvalue weighted by molar-refractivity contribution is 0.631. The first-order chi connectivity index (χ1) is 17.8. The summed E-state index contributed by atoms with van der Waals surface area (Å²) in [6, 6.07) is 41.5. The first kappa shape index (κ1) is 24.1. The van der Waals surface area contributed by atoms with E-state index in [2.05, 4.69) is 121 Å². The van der Waals surface area contributed by atoms with Gasteiger partial charge in [-0.2, -0.15) is 0 Å². The Morgan fingerprint density at radius 2 is 1.11 bits per heavy atom. The Kier molecular flexibility index (Phi) is 7.34. The fourth-order valence-corrected chi connectivity index (χ4v) is 13.8.